The Morgan fingerprint density at radius 3 is 2.00 bits per heavy atom. The summed E-state index contributed by atoms with van der Waals surface area (Å²) in [6.45, 7) is 5.10. The normalized spacial score (nSPS) is 44.5. The molecular weight excluding hydrogens is 222 g/mol. The summed E-state index contributed by atoms with van der Waals surface area (Å²) in [7, 11) is 3.28. The van der Waals surface area contributed by atoms with Crippen LogP contribution < -0.4 is 5.32 Å². The maximum Gasteiger partial charge on any atom is 0.146 e. The molecule has 0 unspecified atom stereocenters. The number of fused-ring (bicyclic) bond motifs is 1. The fourth-order valence-corrected chi connectivity index (χ4v) is 2.81. The van der Waals surface area contributed by atoms with Gasteiger partial charge in [0.05, 0.1) is 12.1 Å². The highest BCUT2D eigenvalue weighted by molar-refractivity contribution is 5.14. The lowest BCUT2D eigenvalue weighted by atomic mass is 9.78. The Hall–Kier alpha value is -0.200. The second-order valence-electron chi connectivity index (χ2n) is 5.01. The first kappa shape index (κ1) is 13.2. The fraction of sp³-hybridized carbons (Fsp3) is 1.00. The Morgan fingerprint density at radius 2 is 1.41 bits per heavy atom. The van der Waals surface area contributed by atoms with E-state index in [2.05, 4.69) is 19.2 Å². The minimum atomic E-state index is 0.0568. The molecule has 0 aromatic carbocycles. The van der Waals surface area contributed by atoms with Gasteiger partial charge in [-0.05, 0) is 11.8 Å². The van der Waals surface area contributed by atoms with Gasteiger partial charge in [0.25, 0.3) is 0 Å². The molecule has 1 saturated carbocycles. The van der Waals surface area contributed by atoms with Crippen LogP contribution in [0, 0.1) is 11.8 Å². The van der Waals surface area contributed by atoms with Gasteiger partial charge in [-0.1, -0.05) is 13.8 Å². The molecule has 0 radical (unpaired) electrons. The van der Waals surface area contributed by atoms with Crippen molar-refractivity contribution in [2.24, 2.45) is 11.8 Å². The molecule has 1 aliphatic carbocycles. The number of ether oxygens (including phenoxy) is 4. The van der Waals surface area contributed by atoms with Crippen LogP contribution in [0.15, 0.2) is 0 Å². The van der Waals surface area contributed by atoms with E-state index >= 15 is 0 Å². The van der Waals surface area contributed by atoms with Crippen LogP contribution in [-0.4, -0.2) is 52.1 Å². The largest absolute Gasteiger partial charge is 0.359 e. The molecule has 1 saturated heterocycles. The summed E-state index contributed by atoms with van der Waals surface area (Å²) in [5.74, 6) is 1.05. The van der Waals surface area contributed by atoms with Crippen molar-refractivity contribution in [1.82, 2.24) is 5.32 Å². The van der Waals surface area contributed by atoms with Crippen molar-refractivity contribution >= 4 is 0 Å². The summed E-state index contributed by atoms with van der Waals surface area (Å²) in [5, 5.41) is 3.47. The predicted molar refractivity (Wildman–Crippen MR) is 62.5 cm³/mol. The first-order chi connectivity index (χ1) is 8.20. The van der Waals surface area contributed by atoms with Crippen LogP contribution in [0.2, 0.25) is 0 Å². The minimum Gasteiger partial charge on any atom is -0.359 e. The summed E-state index contributed by atoms with van der Waals surface area (Å²) < 4.78 is 21.5. The van der Waals surface area contributed by atoms with E-state index in [1.165, 1.54) is 0 Å². The van der Waals surface area contributed by atoms with Crippen molar-refractivity contribution in [3.63, 3.8) is 0 Å². The van der Waals surface area contributed by atoms with E-state index in [-0.39, 0.29) is 12.2 Å². The number of hydrogen-bond donors (Lipinski definition) is 1. The van der Waals surface area contributed by atoms with Gasteiger partial charge < -0.3 is 24.3 Å². The lowest BCUT2D eigenvalue weighted by molar-refractivity contribution is -0.182. The van der Waals surface area contributed by atoms with Gasteiger partial charge in [-0.25, -0.2) is 0 Å². The average molecular weight is 245 g/mol. The lowest BCUT2D eigenvalue weighted by Gasteiger charge is -2.37. The van der Waals surface area contributed by atoms with E-state index in [9.17, 15) is 0 Å². The monoisotopic (exact) mass is 245 g/mol. The molecule has 0 bridgehead atoms. The smallest absolute Gasteiger partial charge is 0.146 e. The number of hydrogen-bond acceptors (Lipinski definition) is 5. The van der Waals surface area contributed by atoms with E-state index in [4.69, 9.17) is 18.9 Å². The molecule has 0 aromatic rings. The Kier molecular flexibility index (Phi) is 4.38. The van der Waals surface area contributed by atoms with Gasteiger partial charge in [0, 0.05) is 20.3 Å². The molecule has 5 heteroatoms. The lowest BCUT2D eigenvalue weighted by Crippen LogP contribution is -2.49. The van der Waals surface area contributed by atoms with E-state index in [0.717, 1.165) is 0 Å². The number of methoxy groups -OCH3 is 2. The molecule has 100 valence electrons. The maximum absolute atomic E-state index is 5.78. The summed E-state index contributed by atoms with van der Waals surface area (Å²) in [4.78, 5) is 0. The molecule has 1 heterocycles. The SMILES string of the molecule is COCO[C@H]1[C@@H](C)[C@@H](C)[C@@H]2N[C@@H]2[C@@H]1OCOC. The molecule has 5 nitrogen and oxygen atoms in total. The Bertz CT molecular complexity index is 251. The molecule has 1 aliphatic heterocycles. The van der Waals surface area contributed by atoms with E-state index in [1.807, 2.05) is 0 Å². The van der Waals surface area contributed by atoms with Gasteiger partial charge >= 0.3 is 0 Å². The van der Waals surface area contributed by atoms with Gasteiger partial charge in [-0.2, -0.15) is 0 Å². The van der Waals surface area contributed by atoms with Gasteiger partial charge in [-0.15, -0.1) is 0 Å². The molecule has 0 aromatic heterocycles. The zero-order valence-electron chi connectivity index (χ0n) is 11.0. The van der Waals surface area contributed by atoms with Crippen LogP contribution in [0.5, 0.6) is 0 Å². The highest BCUT2D eigenvalue weighted by Gasteiger charge is 2.57. The second-order valence-corrected chi connectivity index (χ2v) is 5.01. The van der Waals surface area contributed by atoms with Crippen molar-refractivity contribution in [3.8, 4) is 0 Å². The summed E-state index contributed by atoms with van der Waals surface area (Å²) in [6, 6.07) is 0.965. The predicted octanol–water partition coefficient (Wildman–Crippen LogP) is 0.591. The summed E-state index contributed by atoms with van der Waals surface area (Å²) >= 11 is 0. The summed E-state index contributed by atoms with van der Waals surface area (Å²) in [5.41, 5.74) is 0. The van der Waals surface area contributed by atoms with Crippen LogP contribution in [0.1, 0.15) is 13.8 Å². The Labute approximate surface area is 103 Å². The van der Waals surface area contributed by atoms with E-state index < -0.39 is 0 Å². The minimum absolute atomic E-state index is 0.0568. The molecule has 0 amide bonds. The van der Waals surface area contributed by atoms with E-state index in [0.29, 0.717) is 37.5 Å². The molecule has 2 fully saturated rings. The highest BCUT2D eigenvalue weighted by Crippen LogP contribution is 2.40. The molecule has 1 N–H and O–H groups in total. The van der Waals surface area contributed by atoms with Crippen molar-refractivity contribution < 1.29 is 18.9 Å². The zero-order valence-corrected chi connectivity index (χ0v) is 11.0. The quantitative estimate of drug-likeness (QED) is 0.548. The van der Waals surface area contributed by atoms with Crippen molar-refractivity contribution in [1.29, 1.82) is 0 Å². The third-order valence-electron chi connectivity index (χ3n) is 4.01. The Balaban J connectivity index is 1.99. The van der Waals surface area contributed by atoms with Crippen molar-refractivity contribution in [3.05, 3.63) is 0 Å². The molecule has 2 aliphatic rings. The molecule has 0 spiro atoms. The topological polar surface area (TPSA) is 58.9 Å². The molecular formula is C12H23NO4. The van der Waals surface area contributed by atoms with Gasteiger partial charge in [0.2, 0.25) is 0 Å². The Morgan fingerprint density at radius 1 is 0.824 bits per heavy atom. The molecule has 2 rings (SSSR count). The van der Waals surface area contributed by atoms with Gasteiger partial charge in [-0.3, -0.25) is 0 Å². The van der Waals surface area contributed by atoms with Gasteiger partial charge in [0.15, 0.2) is 0 Å². The van der Waals surface area contributed by atoms with Crippen molar-refractivity contribution in [2.75, 3.05) is 27.8 Å². The first-order valence-electron chi connectivity index (χ1n) is 6.17. The van der Waals surface area contributed by atoms with Crippen LogP contribution >= 0.6 is 0 Å². The molecule has 17 heavy (non-hydrogen) atoms. The number of nitrogens with one attached hydrogen (secondary N) is 1. The zero-order chi connectivity index (χ0) is 12.4. The second kappa shape index (κ2) is 5.63. The summed E-state index contributed by atoms with van der Waals surface area (Å²) in [6.07, 6.45) is 0.123. The average Bonchev–Trinajstić information content (AvgIpc) is 3.11. The maximum atomic E-state index is 5.78. The highest BCUT2D eigenvalue weighted by atomic mass is 16.7. The molecule has 6 atom stereocenters. The third kappa shape index (κ3) is 2.63. The standard InChI is InChI=1S/C12H23NO4/c1-7-8(2)11(16-5-14-3)12(17-6-15-4)10-9(7)13-10/h7-13H,5-6H2,1-4H3/t7-,8+,9+,10+,11+,12+/m1/s1. The fourth-order valence-electron chi connectivity index (χ4n) is 2.81. The van der Waals surface area contributed by atoms with E-state index in [1.54, 1.807) is 14.2 Å². The van der Waals surface area contributed by atoms with Crippen LogP contribution in [0.25, 0.3) is 0 Å². The van der Waals surface area contributed by atoms with Crippen LogP contribution in [-0.2, 0) is 18.9 Å². The number of rotatable bonds is 6. The van der Waals surface area contributed by atoms with Crippen molar-refractivity contribution in [2.45, 2.75) is 38.1 Å². The van der Waals surface area contributed by atoms with Gasteiger partial charge in [0.1, 0.15) is 19.7 Å². The first-order valence-corrected chi connectivity index (χ1v) is 6.17. The van der Waals surface area contributed by atoms with Crippen LogP contribution in [0.3, 0.4) is 0 Å². The van der Waals surface area contributed by atoms with Crippen LogP contribution in [0.4, 0.5) is 0 Å². The third-order valence-corrected chi connectivity index (χ3v) is 4.01.